The lowest BCUT2D eigenvalue weighted by molar-refractivity contribution is 0.138. The normalized spacial score (nSPS) is 28.1. The molecule has 1 heterocycles. The van der Waals surface area contributed by atoms with Crippen molar-refractivity contribution in [1.29, 1.82) is 0 Å². The van der Waals surface area contributed by atoms with Crippen molar-refractivity contribution in [2.75, 3.05) is 0 Å². The Balaban J connectivity index is 1.89. The minimum Gasteiger partial charge on any atom is -0.414 e. The van der Waals surface area contributed by atoms with E-state index >= 15 is 0 Å². The van der Waals surface area contributed by atoms with Crippen LogP contribution in [0.15, 0.2) is 0 Å². The van der Waals surface area contributed by atoms with Crippen molar-refractivity contribution in [1.82, 2.24) is 0 Å². The summed E-state index contributed by atoms with van der Waals surface area (Å²) < 4.78 is 6.65. The van der Waals surface area contributed by atoms with E-state index in [0.717, 1.165) is 5.92 Å². The quantitative estimate of drug-likeness (QED) is 0.645. The average molecular weight is 240 g/mol. The fourth-order valence-electron chi connectivity index (χ4n) is 3.67. The highest BCUT2D eigenvalue weighted by atomic mass is 28.4. The third-order valence-corrected chi connectivity index (χ3v) is 9.60. The van der Waals surface area contributed by atoms with Gasteiger partial charge in [0.1, 0.15) is 0 Å². The zero-order chi connectivity index (χ0) is 11.4. The Morgan fingerprint density at radius 1 is 1.06 bits per heavy atom. The Bertz CT molecular complexity index is 205. The molecular formula is C14H28OSi. The standard InChI is InChI=1S/C14H28OSi/c1-3-16(11-7-4-8-12-16)15-13(2)14-9-5-6-10-14/h13-14H,3-12H2,1-2H3. The molecule has 0 N–H and O–H groups in total. The van der Waals surface area contributed by atoms with E-state index in [9.17, 15) is 0 Å². The van der Waals surface area contributed by atoms with Crippen molar-refractivity contribution < 1.29 is 4.43 Å². The van der Waals surface area contributed by atoms with Gasteiger partial charge in [-0.05, 0) is 43.8 Å². The summed E-state index contributed by atoms with van der Waals surface area (Å²) in [5.74, 6) is 0.887. The van der Waals surface area contributed by atoms with Crippen LogP contribution in [-0.2, 0) is 4.43 Å². The van der Waals surface area contributed by atoms with Gasteiger partial charge in [-0.1, -0.05) is 39.0 Å². The summed E-state index contributed by atoms with van der Waals surface area (Å²) in [6.07, 6.45) is 10.6. The van der Waals surface area contributed by atoms with Gasteiger partial charge in [0, 0.05) is 6.10 Å². The molecule has 0 aromatic heterocycles. The van der Waals surface area contributed by atoms with Crippen molar-refractivity contribution in [3.63, 3.8) is 0 Å². The third-order valence-electron chi connectivity index (χ3n) is 4.91. The van der Waals surface area contributed by atoms with Crippen molar-refractivity contribution in [2.24, 2.45) is 5.92 Å². The molecule has 2 heteroatoms. The molecule has 0 spiro atoms. The van der Waals surface area contributed by atoms with Crippen LogP contribution >= 0.6 is 0 Å². The molecule has 2 fully saturated rings. The summed E-state index contributed by atoms with van der Waals surface area (Å²) in [4.78, 5) is 0. The Morgan fingerprint density at radius 3 is 2.25 bits per heavy atom. The highest BCUT2D eigenvalue weighted by molar-refractivity contribution is 6.73. The van der Waals surface area contributed by atoms with E-state index in [2.05, 4.69) is 13.8 Å². The number of hydrogen-bond donors (Lipinski definition) is 0. The average Bonchev–Trinajstić information content (AvgIpc) is 2.84. The van der Waals surface area contributed by atoms with Crippen molar-refractivity contribution in [3.8, 4) is 0 Å². The van der Waals surface area contributed by atoms with Crippen LogP contribution < -0.4 is 0 Å². The molecule has 2 rings (SSSR count). The first kappa shape index (κ1) is 12.6. The summed E-state index contributed by atoms with van der Waals surface area (Å²) >= 11 is 0. The molecule has 0 aromatic carbocycles. The van der Waals surface area contributed by atoms with Crippen LogP contribution in [0.25, 0.3) is 0 Å². The summed E-state index contributed by atoms with van der Waals surface area (Å²) in [6, 6.07) is 4.24. The van der Waals surface area contributed by atoms with Crippen LogP contribution in [-0.4, -0.2) is 14.4 Å². The van der Waals surface area contributed by atoms with E-state index in [4.69, 9.17) is 4.43 Å². The van der Waals surface area contributed by atoms with Crippen molar-refractivity contribution in [3.05, 3.63) is 0 Å². The second-order valence-electron chi connectivity index (χ2n) is 5.96. The van der Waals surface area contributed by atoms with Crippen LogP contribution in [0.2, 0.25) is 18.1 Å². The van der Waals surface area contributed by atoms with Gasteiger partial charge in [0.15, 0.2) is 8.32 Å². The lowest BCUT2D eigenvalue weighted by atomic mass is 10.0. The van der Waals surface area contributed by atoms with Gasteiger partial charge in [-0.3, -0.25) is 0 Å². The van der Waals surface area contributed by atoms with E-state index in [1.165, 1.54) is 63.1 Å². The van der Waals surface area contributed by atoms with Crippen LogP contribution in [0.1, 0.15) is 58.8 Å². The molecular weight excluding hydrogens is 212 g/mol. The fourth-order valence-corrected chi connectivity index (χ4v) is 7.80. The molecule has 1 atom stereocenters. The van der Waals surface area contributed by atoms with Crippen molar-refractivity contribution >= 4 is 8.32 Å². The Hall–Kier alpha value is 0.177. The minimum atomic E-state index is -1.29. The zero-order valence-electron chi connectivity index (χ0n) is 11.1. The number of rotatable bonds is 4. The molecule has 1 nitrogen and oxygen atoms in total. The molecule has 1 saturated carbocycles. The second kappa shape index (κ2) is 5.68. The van der Waals surface area contributed by atoms with Crippen molar-refractivity contribution in [2.45, 2.75) is 83.0 Å². The Morgan fingerprint density at radius 2 is 1.69 bits per heavy atom. The monoisotopic (exact) mass is 240 g/mol. The van der Waals surface area contributed by atoms with E-state index in [0.29, 0.717) is 6.10 Å². The predicted octanol–water partition coefficient (Wildman–Crippen LogP) is 4.73. The topological polar surface area (TPSA) is 9.23 Å². The van der Waals surface area contributed by atoms with Gasteiger partial charge in [0.25, 0.3) is 0 Å². The molecule has 0 amide bonds. The molecule has 94 valence electrons. The first-order valence-electron chi connectivity index (χ1n) is 7.43. The van der Waals surface area contributed by atoms with Gasteiger partial charge in [-0.15, -0.1) is 0 Å². The second-order valence-corrected chi connectivity index (χ2v) is 10.3. The maximum atomic E-state index is 6.65. The summed E-state index contributed by atoms with van der Waals surface area (Å²) in [6.45, 7) is 4.73. The molecule has 0 aromatic rings. The Kier molecular flexibility index (Phi) is 4.48. The zero-order valence-corrected chi connectivity index (χ0v) is 12.1. The van der Waals surface area contributed by atoms with Crippen LogP contribution in [0, 0.1) is 5.92 Å². The Labute approximate surface area is 102 Å². The maximum Gasteiger partial charge on any atom is 0.192 e. The highest BCUT2D eigenvalue weighted by Gasteiger charge is 2.37. The van der Waals surface area contributed by atoms with Gasteiger partial charge >= 0.3 is 0 Å². The van der Waals surface area contributed by atoms with Crippen LogP contribution in [0.5, 0.6) is 0 Å². The molecule has 1 aliphatic carbocycles. The molecule has 0 bridgehead atoms. The first-order valence-corrected chi connectivity index (χ1v) is 9.96. The van der Waals surface area contributed by atoms with Gasteiger partial charge in [-0.25, -0.2) is 0 Å². The third kappa shape index (κ3) is 2.89. The molecule has 1 unspecified atom stereocenters. The van der Waals surface area contributed by atoms with Gasteiger partial charge in [0.2, 0.25) is 0 Å². The predicted molar refractivity (Wildman–Crippen MR) is 72.2 cm³/mol. The molecule has 1 aliphatic heterocycles. The molecule has 16 heavy (non-hydrogen) atoms. The van der Waals surface area contributed by atoms with E-state index in [-0.39, 0.29) is 0 Å². The summed E-state index contributed by atoms with van der Waals surface area (Å²) in [5.41, 5.74) is 0. The van der Waals surface area contributed by atoms with E-state index in [1.54, 1.807) is 0 Å². The van der Waals surface area contributed by atoms with Gasteiger partial charge < -0.3 is 4.43 Å². The fraction of sp³-hybridized carbons (Fsp3) is 1.00. The highest BCUT2D eigenvalue weighted by Crippen LogP contribution is 2.37. The molecule has 0 radical (unpaired) electrons. The first-order chi connectivity index (χ1) is 7.76. The smallest absolute Gasteiger partial charge is 0.192 e. The lowest BCUT2D eigenvalue weighted by Crippen LogP contribution is -2.43. The van der Waals surface area contributed by atoms with Crippen LogP contribution in [0.4, 0.5) is 0 Å². The lowest BCUT2D eigenvalue weighted by Gasteiger charge is -2.38. The maximum absolute atomic E-state index is 6.65. The van der Waals surface area contributed by atoms with Gasteiger partial charge in [0.05, 0.1) is 0 Å². The summed E-state index contributed by atoms with van der Waals surface area (Å²) in [5, 5.41) is 0. The van der Waals surface area contributed by atoms with Gasteiger partial charge in [-0.2, -0.15) is 0 Å². The minimum absolute atomic E-state index is 0.562. The molecule has 1 saturated heterocycles. The van der Waals surface area contributed by atoms with E-state index < -0.39 is 8.32 Å². The SMILES string of the molecule is CC[Si]1(OC(C)C2CCCC2)CCCCC1. The largest absolute Gasteiger partial charge is 0.414 e. The van der Waals surface area contributed by atoms with Crippen LogP contribution in [0.3, 0.4) is 0 Å². The number of hydrogen-bond acceptors (Lipinski definition) is 1. The summed E-state index contributed by atoms with van der Waals surface area (Å²) in [7, 11) is -1.29. The molecule has 2 aliphatic rings. The van der Waals surface area contributed by atoms with E-state index in [1.807, 2.05) is 0 Å².